The van der Waals surface area contributed by atoms with Crippen LogP contribution >= 0.6 is 11.3 Å². The highest BCUT2D eigenvalue weighted by molar-refractivity contribution is 7.15. The first kappa shape index (κ1) is 22.2. The van der Waals surface area contributed by atoms with E-state index in [1.165, 1.54) is 15.9 Å². The molecule has 0 bridgehead atoms. The molecular weight excluding hydrogens is 418 g/mol. The summed E-state index contributed by atoms with van der Waals surface area (Å²) in [5, 5.41) is 15.4. The van der Waals surface area contributed by atoms with Crippen LogP contribution in [0.3, 0.4) is 0 Å². The van der Waals surface area contributed by atoms with Crippen LogP contribution in [0.4, 0.5) is 0 Å². The van der Waals surface area contributed by atoms with Crippen molar-refractivity contribution in [2.45, 2.75) is 59.3 Å². The Bertz CT molecular complexity index is 1400. The fourth-order valence-corrected chi connectivity index (χ4v) is 4.68. The average molecular weight is 448 g/mol. The predicted molar refractivity (Wildman–Crippen MR) is 132 cm³/mol. The fraction of sp³-hybridized carbons (Fsp3) is 0.346. The molecule has 0 radical (unpaired) electrons. The van der Waals surface area contributed by atoms with Gasteiger partial charge in [-0.25, -0.2) is 0 Å². The monoisotopic (exact) mass is 447 g/mol. The average Bonchev–Trinajstić information content (AvgIpc) is 3.21. The maximum absolute atomic E-state index is 13.1. The van der Waals surface area contributed by atoms with Gasteiger partial charge in [-0.2, -0.15) is 9.50 Å². The summed E-state index contributed by atoms with van der Waals surface area (Å²) < 4.78 is 1.95. The number of phenolic OH excluding ortho intramolecular Hbond substituents is 1. The van der Waals surface area contributed by atoms with Crippen LogP contribution in [-0.2, 0) is 10.8 Å². The molecule has 0 aliphatic rings. The number of aromatic hydroxyl groups is 1. The SMILES string of the molecule is Cc1cccc(-c2nc3sc(=Cc4cc(C(C)(C)C)c(O)c(C(C)(C)C)c4)c(=O)n3n2)c1. The number of aromatic nitrogens is 3. The van der Waals surface area contributed by atoms with E-state index in [4.69, 9.17) is 0 Å². The highest BCUT2D eigenvalue weighted by atomic mass is 32.1. The first-order chi connectivity index (χ1) is 14.8. The summed E-state index contributed by atoms with van der Waals surface area (Å²) in [6.45, 7) is 14.5. The summed E-state index contributed by atoms with van der Waals surface area (Å²) in [6, 6.07) is 11.9. The number of hydrogen-bond donors (Lipinski definition) is 1. The lowest BCUT2D eigenvalue weighted by Crippen LogP contribution is -2.24. The molecule has 0 saturated heterocycles. The van der Waals surface area contributed by atoms with Crippen molar-refractivity contribution < 1.29 is 5.11 Å². The maximum Gasteiger partial charge on any atom is 0.291 e. The molecule has 2 aromatic carbocycles. The number of benzene rings is 2. The van der Waals surface area contributed by atoms with Gasteiger partial charge in [0.2, 0.25) is 4.96 Å². The molecule has 0 saturated carbocycles. The maximum atomic E-state index is 13.1. The zero-order valence-corrected chi connectivity index (χ0v) is 20.5. The highest BCUT2D eigenvalue weighted by Gasteiger charge is 2.26. The highest BCUT2D eigenvalue weighted by Crippen LogP contribution is 2.39. The van der Waals surface area contributed by atoms with Crippen molar-refractivity contribution in [3.63, 3.8) is 0 Å². The van der Waals surface area contributed by atoms with E-state index in [0.717, 1.165) is 27.8 Å². The smallest absolute Gasteiger partial charge is 0.291 e. The Balaban J connectivity index is 1.87. The first-order valence-electron chi connectivity index (χ1n) is 10.7. The van der Waals surface area contributed by atoms with Gasteiger partial charge in [0.25, 0.3) is 5.56 Å². The van der Waals surface area contributed by atoms with Gasteiger partial charge < -0.3 is 5.11 Å². The van der Waals surface area contributed by atoms with Gasteiger partial charge in [-0.15, -0.1) is 5.10 Å². The minimum Gasteiger partial charge on any atom is -0.507 e. The Kier molecular flexibility index (Phi) is 5.24. The molecule has 4 rings (SSSR count). The van der Waals surface area contributed by atoms with Crippen LogP contribution in [0.15, 0.2) is 41.2 Å². The molecule has 4 aromatic rings. The van der Waals surface area contributed by atoms with Crippen LogP contribution in [0.25, 0.3) is 22.4 Å². The van der Waals surface area contributed by atoms with Gasteiger partial charge in [-0.05, 0) is 47.6 Å². The van der Waals surface area contributed by atoms with Crippen molar-refractivity contribution in [1.82, 2.24) is 14.6 Å². The van der Waals surface area contributed by atoms with Crippen molar-refractivity contribution in [2.75, 3.05) is 0 Å². The second-order valence-corrected chi connectivity index (χ2v) is 11.4. The van der Waals surface area contributed by atoms with Crippen molar-refractivity contribution in [3.05, 3.63) is 73.5 Å². The van der Waals surface area contributed by atoms with Crippen molar-refractivity contribution in [2.24, 2.45) is 0 Å². The van der Waals surface area contributed by atoms with Gasteiger partial charge in [0.05, 0.1) is 4.53 Å². The van der Waals surface area contributed by atoms with E-state index in [2.05, 4.69) is 51.6 Å². The molecule has 6 heteroatoms. The van der Waals surface area contributed by atoms with E-state index in [1.54, 1.807) is 0 Å². The lowest BCUT2D eigenvalue weighted by molar-refractivity contribution is 0.423. The van der Waals surface area contributed by atoms with Crippen LogP contribution in [0.1, 0.15) is 63.8 Å². The van der Waals surface area contributed by atoms with Gasteiger partial charge in [0, 0.05) is 16.7 Å². The Morgan fingerprint density at radius 3 is 2.16 bits per heavy atom. The van der Waals surface area contributed by atoms with Crippen molar-refractivity contribution in [3.8, 4) is 17.1 Å². The molecule has 2 aromatic heterocycles. The third-order valence-corrected chi connectivity index (χ3v) is 6.46. The van der Waals surface area contributed by atoms with E-state index >= 15 is 0 Å². The molecule has 5 nitrogen and oxygen atoms in total. The molecule has 166 valence electrons. The molecule has 0 fully saturated rings. The largest absolute Gasteiger partial charge is 0.507 e. The Hall–Kier alpha value is -2.99. The zero-order chi connectivity index (χ0) is 23.4. The van der Waals surface area contributed by atoms with Crippen LogP contribution < -0.4 is 10.1 Å². The molecule has 1 N–H and O–H groups in total. The Morgan fingerprint density at radius 1 is 1.00 bits per heavy atom. The van der Waals surface area contributed by atoms with Gasteiger partial charge in [-0.3, -0.25) is 4.79 Å². The van der Waals surface area contributed by atoms with Crippen LogP contribution in [-0.4, -0.2) is 19.7 Å². The van der Waals surface area contributed by atoms with Gasteiger partial charge in [-0.1, -0.05) is 76.6 Å². The molecule has 0 unspecified atom stereocenters. The van der Waals surface area contributed by atoms with Crippen LogP contribution in [0.2, 0.25) is 0 Å². The molecule has 0 spiro atoms. The summed E-state index contributed by atoms with van der Waals surface area (Å²) in [5.74, 6) is 0.883. The number of nitrogens with zero attached hydrogens (tertiary/aromatic N) is 3. The number of thiazole rings is 1. The number of phenols is 1. The second kappa shape index (κ2) is 7.55. The Morgan fingerprint density at radius 2 is 1.62 bits per heavy atom. The topological polar surface area (TPSA) is 67.5 Å². The number of rotatable bonds is 2. The minimum atomic E-state index is -0.234. The summed E-state index contributed by atoms with van der Waals surface area (Å²) in [5.41, 5.74) is 3.99. The van der Waals surface area contributed by atoms with Gasteiger partial charge in [0.1, 0.15) is 5.75 Å². The van der Waals surface area contributed by atoms with Crippen LogP contribution in [0.5, 0.6) is 5.75 Å². The molecule has 0 atom stereocenters. The summed E-state index contributed by atoms with van der Waals surface area (Å²) in [7, 11) is 0. The van der Waals surface area contributed by atoms with Crippen molar-refractivity contribution >= 4 is 22.4 Å². The Labute approximate surface area is 192 Å². The zero-order valence-electron chi connectivity index (χ0n) is 19.6. The van der Waals surface area contributed by atoms with E-state index in [9.17, 15) is 9.90 Å². The number of aryl methyl sites for hydroxylation is 1. The van der Waals surface area contributed by atoms with E-state index in [1.807, 2.05) is 49.4 Å². The van der Waals surface area contributed by atoms with Crippen molar-refractivity contribution in [1.29, 1.82) is 0 Å². The lowest BCUT2D eigenvalue weighted by atomic mass is 9.78. The predicted octanol–water partition coefficient (Wildman–Crippen LogP) is 4.97. The van der Waals surface area contributed by atoms with E-state index < -0.39 is 0 Å². The summed E-state index contributed by atoms with van der Waals surface area (Å²) in [6.07, 6.45) is 1.87. The normalized spacial score (nSPS) is 13.3. The lowest BCUT2D eigenvalue weighted by Gasteiger charge is -2.27. The van der Waals surface area contributed by atoms with E-state index in [0.29, 0.717) is 21.1 Å². The number of hydrogen-bond acceptors (Lipinski definition) is 5. The molecule has 32 heavy (non-hydrogen) atoms. The molecule has 2 heterocycles. The number of fused-ring (bicyclic) bond motifs is 1. The molecule has 0 aliphatic heterocycles. The molecule has 0 amide bonds. The quantitative estimate of drug-likeness (QED) is 0.471. The molecule has 0 aliphatic carbocycles. The summed E-state index contributed by atoms with van der Waals surface area (Å²) in [4.78, 5) is 18.2. The van der Waals surface area contributed by atoms with E-state index in [-0.39, 0.29) is 16.4 Å². The summed E-state index contributed by atoms with van der Waals surface area (Å²) >= 11 is 1.33. The van der Waals surface area contributed by atoms with Gasteiger partial charge >= 0.3 is 0 Å². The van der Waals surface area contributed by atoms with Gasteiger partial charge in [0.15, 0.2) is 5.82 Å². The van der Waals surface area contributed by atoms with Crippen LogP contribution in [0, 0.1) is 6.92 Å². The fourth-order valence-electron chi connectivity index (χ4n) is 3.78. The second-order valence-electron chi connectivity index (χ2n) is 10.4. The third-order valence-electron chi connectivity index (χ3n) is 5.50. The standard InChI is InChI=1S/C26H29N3O2S/c1-15-9-8-10-17(11-15)22-27-24-29(28-22)23(31)20(32-24)14-16-12-18(25(2,3)4)21(30)19(13-16)26(5,6)7/h8-14,30H,1-7H3. The molecular formula is C26H29N3O2S. The third kappa shape index (κ3) is 4.07. The minimum absolute atomic E-state index is 0.181. The first-order valence-corrected chi connectivity index (χ1v) is 11.5.